The molecule has 0 N–H and O–H groups in total. The van der Waals surface area contributed by atoms with Crippen LogP contribution < -0.4 is 0 Å². The second-order valence-corrected chi connectivity index (χ2v) is 6.76. The largest absolute Gasteiger partial charge is 0.149 e. The molecule has 0 heterocycles. The minimum absolute atomic E-state index is 0.654. The first-order chi connectivity index (χ1) is 3.12. The van der Waals surface area contributed by atoms with Crippen LogP contribution in [0.2, 0.25) is 6.82 Å². The lowest BCUT2D eigenvalue weighted by Crippen LogP contribution is -1.88. The van der Waals surface area contributed by atoms with Crippen LogP contribution >= 0.6 is 6.76 Å². The Kier molecular flexibility index (Phi) is 2.75. The summed E-state index contributed by atoms with van der Waals surface area (Å²) in [7, 11) is 0. The monoisotopic (exact) mass is 116 g/mol. The third kappa shape index (κ3) is 2.99. The Morgan fingerprint density at radius 3 is 2.14 bits per heavy atom. The Labute approximate surface area is 47.5 Å². The van der Waals surface area contributed by atoms with E-state index >= 15 is 0 Å². The van der Waals surface area contributed by atoms with Crippen molar-refractivity contribution in [3.05, 3.63) is 0 Å². The van der Waals surface area contributed by atoms with Gasteiger partial charge in [0.15, 0.2) is 0 Å². The van der Waals surface area contributed by atoms with Crippen LogP contribution in [0.1, 0.15) is 6.92 Å². The maximum atomic E-state index is 4.12. The molecule has 0 aliphatic heterocycles. The lowest BCUT2D eigenvalue weighted by Gasteiger charge is -2.10. The van der Waals surface area contributed by atoms with E-state index in [1.165, 1.54) is 13.2 Å². The van der Waals surface area contributed by atoms with E-state index in [9.17, 15) is 0 Å². The molecule has 0 saturated heterocycles. The van der Waals surface area contributed by atoms with Gasteiger partial charge in [-0.15, -0.1) is 13.1 Å². The molecule has 0 nitrogen and oxygen atoms in total. The molecule has 0 bridgehead atoms. The van der Waals surface area contributed by atoms with Crippen LogP contribution in [0.5, 0.6) is 0 Å². The quantitative estimate of drug-likeness (QED) is 0.378. The average molecular weight is 116 g/mol. The molecule has 0 rings (SSSR count). The van der Waals surface area contributed by atoms with Crippen molar-refractivity contribution >= 4 is 20.1 Å². The minimum atomic E-state index is -0.654. The zero-order valence-electron chi connectivity index (χ0n) is 5.57. The van der Waals surface area contributed by atoms with Crippen molar-refractivity contribution in [3.63, 3.8) is 0 Å². The highest BCUT2D eigenvalue weighted by molar-refractivity contribution is 7.97. The second-order valence-electron chi connectivity index (χ2n) is 2.25. The molecule has 0 aliphatic rings. The Morgan fingerprint density at radius 1 is 1.71 bits per heavy atom. The summed E-state index contributed by atoms with van der Waals surface area (Å²) in [6.07, 6.45) is 5.41. The molecular formula is C5H14BP. The summed E-state index contributed by atoms with van der Waals surface area (Å²) in [4.78, 5) is 0. The highest BCUT2D eigenvalue weighted by atomic mass is 31.2. The van der Waals surface area contributed by atoms with Gasteiger partial charge in [-0.2, -0.15) is 0 Å². The Morgan fingerprint density at radius 2 is 2.14 bits per heavy atom. The van der Waals surface area contributed by atoms with E-state index in [0.29, 0.717) is 0 Å². The van der Waals surface area contributed by atoms with E-state index in [0.717, 1.165) is 0 Å². The van der Waals surface area contributed by atoms with E-state index in [-0.39, 0.29) is 0 Å². The first-order valence-corrected chi connectivity index (χ1v) is 5.60. The third-order valence-electron chi connectivity index (χ3n) is 1.53. The molecule has 0 aromatic rings. The van der Waals surface area contributed by atoms with Crippen molar-refractivity contribution in [1.82, 2.24) is 0 Å². The molecule has 1 atom stereocenters. The van der Waals surface area contributed by atoms with Gasteiger partial charge in [-0.1, -0.05) is 20.4 Å². The van der Waals surface area contributed by atoms with Crippen LogP contribution in [0.3, 0.4) is 0 Å². The standard InChI is InChI=1S/C5H14BP/c1-5-7(3,4)6-2/h6H,3,5H2,1-2,4H3. The third-order valence-corrected chi connectivity index (χ3v) is 4.58. The Balaban J connectivity index is 3.61. The molecule has 42 valence electrons. The van der Waals surface area contributed by atoms with Gasteiger partial charge >= 0.3 is 0 Å². The Hall–Kier alpha value is 0.365. The van der Waals surface area contributed by atoms with E-state index in [1.54, 1.807) is 0 Å². The molecule has 0 radical (unpaired) electrons. The highest BCUT2D eigenvalue weighted by Crippen LogP contribution is 2.36. The van der Waals surface area contributed by atoms with Crippen LogP contribution in [-0.4, -0.2) is 26.1 Å². The number of hydrogen-bond acceptors (Lipinski definition) is 0. The van der Waals surface area contributed by atoms with Crippen molar-refractivity contribution < 1.29 is 0 Å². The lowest BCUT2D eigenvalue weighted by atomic mass is 10.2. The molecule has 0 amide bonds. The second kappa shape index (κ2) is 2.62. The van der Waals surface area contributed by atoms with E-state index in [4.69, 9.17) is 0 Å². The first kappa shape index (κ1) is 7.36. The van der Waals surface area contributed by atoms with Crippen LogP contribution in [0.15, 0.2) is 0 Å². The van der Waals surface area contributed by atoms with Gasteiger partial charge in [0.1, 0.15) is 7.00 Å². The fraction of sp³-hybridized carbons (Fsp3) is 0.800. The maximum Gasteiger partial charge on any atom is 0.149 e. The number of hydrogen-bond donors (Lipinski definition) is 0. The smallest absolute Gasteiger partial charge is 0.146 e. The maximum absolute atomic E-state index is 4.12. The topological polar surface area (TPSA) is 0 Å². The van der Waals surface area contributed by atoms with Crippen LogP contribution in [0.4, 0.5) is 0 Å². The molecule has 0 aromatic heterocycles. The summed E-state index contributed by atoms with van der Waals surface area (Å²) < 4.78 is 0. The fourth-order valence-electron chi connectivity index (χ4n) is 0.224. The van der Waals surface area contributed by atoms with E-state index < -0.39 is 6.76 Å². The predicted molar refractivity (Wildman–Crippen MR) is 43.5 cm³/mol. The van der Waals surface area contributed by atoms with Gasteiger partial charge < -0.3 is 0 Å². The highest BCUT2D eigenvalue weighted by Gasteiger charge is 1.98. The van der Waals surface area contributed by atoms with Crippen LogP contribution in [0.25, 0.3) is 0 Å². The normalized spacial score (nSPS) is 18.1. The van der Waals surface area contributed by atoms with Gasteiger partial charge in [0.05, 0.1) is 0 Å². The van der Waals surface area contributed by atoms with Gasteiger partial charge in [-0.25, -0.2) is 0 Å². The summed E-state index contributed by atoms with van der Waals surface area (Å²) in [5.74, 6) is 0. The summed E-state index contributed by atoms with van der Waals surface area (Å²) in [5.41, 5.74) is 0. The molecule has 0 aromatic carbocycles. The fourth-order valence-corrected chi connectivity index (χ4v) is 0.671. The Bertz CT molecular complexity index is 80.1. The summed E-state index contributed by atoms with van der Waals surface area (Å²) >= 11 is 0. The van der Waals surface area contributed by atoms with Crippen LogP contribution in [0, 0.1) is 0 Å². The molecule has 0 spiro atoms. The minimum Gasteiger partial charge on any atom is -0.146 e. The van der Waals surface area contributed by atoms with E-state index in [1.807, 2.05) is 0 Å². The average Bonchev–Trinajstić information content (AvgIpc) is 1.68. The first-order valence-electron chi connectivity index (χ1n) is 2.81. The summed E-state index contributed by atoms with van der Waals surface area (Å²) in [6, 6.07) is 0. The van der Waals surface area contributed by atoms with Gasteiger partial charge in [-0.3, -0.25) is 0 Å². The zero-order valence-corrected chi connectivity index (χ0v) is 6.46. The molecule has 2 heteroatoms. The van der Waals surface area contributed by atoms with Crippen molar-refractivity contribution in [3.8, 4) is 0 Å². The van der Waals surface area contributed by atoms with Crippen molar-refractivity contribution in [1.29, 1.82) is 0 Å². The molecule has 1 unspecified atom stereocenters. The van der Waals surface area contributed by atoms with Gasteiger partial charge in [-0.05, 0) is 6.16 Å². The molecule has 7 heavy (non-hydrogen) atoms. The van der Waals surface area contributed by atoms with E-state index in [2.05, 4.69) is 26.7 Å². The molecular weight excluding hydrogens is 102 g/mol. The van der Waals surface area contributed by atoms with Crippen molar-refractivity contribution in [2.75, 3.05) is 12.8 Å². The molecule has 0 aliphatic carbocycles. The number of rotatable bonds is 2. The van der Waals surface area contributed by atoms with Crippen LogP contribution in [-0.2, 0) is 0 Å². The molecule has 0 saturated carbocycles. The lowest BCUT2D eigenvalue weighted by molar-refractivity contribution is 1.51. The summed E-state index contributed by atoms with van der Waals surface area (Å²) in [6.45, 7) is 7.39. The zero-order chi connectivity index (χ0) is 5.91. The van der Waals surface area contributed by atoms with Crippen molar-refractivity contribution in [2.24, 2.45) is 0 Å². The van der Waals surface area contributed by atoms with Gasteiger partial charge in [0.25, 0.3) is 0 Å². The van der Waals surface area contributed by atoms with Gasteiger partial charge in [0, 0.05) is 0 Å². The molecule has 0 fully saturated rings. The van der Waals surface area contributed by atoms with Crippen molar-refractivity contribution in [2.45, 2.75) is 13.7 Å². The van der Waals surface area contributed by atoms with Gasteiger partial charge in [0.2, 0.25) is 0 Å². The summed E-state index contributed by atoms with van der Waals surface area (Å²) in [5, 5.41) is 0. The predicted octanol–water partition coefficient (Wildman–Crippen LogP) is 1.49. The SMILES string of the molecule is C=P(C)(BC)CC.